The first kappa shape index (κ1) is 16.1. The second-order valence-electron chi connectivity index (χ2n) is 6.06. The number of amides is 2. The van der Waals surface area contributed by atoms with Gasteiger partial charge in [-0.1, -0.05) is 6.07 Å². The Labute approximate surface area is 147 Å². The van der Waals surface area contributed by atoms with Crippen molar-refractivity contribution in [3.63, 3.8) is 0 Å². The molecule has 0 atom stereocenters. The fourth-order valence-electron chi connectivity index (χ4n) is 2.87. The zero-order valence-electron chi connectivity index (χ0n) is 13.6. The second kappa shape index (κ2) is 6.14. The number of ether oxygens (including phenoxy) is 1. The summed E-state index contributed by atoms with van der Waals surface area (Å²) in [7, 11) is 0. The van der Waals surface area contributed by atoms with Crippen LogP contribution in [-0.2, 0) is 0 Å². The van der Waals surface area contributed by atoms with Crippen molar-refractivity contribution < 1.29 is 18.7 Å². The molecule has 0 saturated carbocycles. The lowest BCUT2D eigenvalue weighted by molar-refractivity contribution is 0.0169. The van der Waals surface area contributed by atoms with Crippen molar-refractivity contribution >= 4 is 22.8 Å². The predicted octanol–water partition coefficient (Wildman–Crippen LogP) is 1.70. The Morgan fingerprint density at radius 2 is 1.92 bits per heavy atom. The molecule has 26 heavy (non-hydrogen) atoms. The number of para-hydroxylation sites is 1. The Kier molecular flexibility index (Phi) is 3.80. The van der Waals surface area contributed by atoms with Crippen molar-refractivity contribution in [1.29, 1.82) is 0 Å². The van der Waals surface area contributed by atoms with Crippen molar-refractivity contribution in [2.75, 3.05) is 13.1 Å². The van der Waals surface area contributed by atoms with Gasteiger partial charge in [-0.2, -0.15) is 0 Å². The summed E-state index contributed by atoms with van der Waals surface area (Å²) in [5.41, 5.74) is 6.55. The molecule has 1 aliphatic heterocycles. The number of carbonyl (C=O) groups excluding carboxylic acids is 2. The van der Waals surface area contributed by atoms with E-state index in [1.165, 1.54) is 12.1 Å². The number of likely N-dealkylation sites (tertiary alicyclic amines) is 1. The molecule has 4 rings (SSSR count). The molecule has 1 aliphatic rings. The molecule has 0 radical (unpaired) electrons. The molecule has 3 aromatic rings. The number of nitrogens with one attached hydrogen (secondary N) is 1. The average Bonchev–Trinajstić information content (AvgIpc) is 3.02. The van der Waals surface area contributed by atoms with E-state index in [1.807, 2.05) is 0 Å². The summed E-state index contributed by atoms with van der Waals surface area (Å²) in [5, 5.41) is 0. The smallest absolute Gasteiger partial charge is 0.289 e. The van der Waals surface area contributed by atoms with E-state index >= 15 is 0 Å². The molecule has 1 aromatic heterocycles. The van der Waals surface area contributed by atoms with E-state index in [0.29, 0.717) is 29.9 Å². The van der Waals surface area contributed by atoms with Crippen LogP contribution < -0.4 is 10.5 Å². The van der Waals surface area contributed by atoms with E-state index in [0.717, 1.165) is 0 Å². The SMILES string of the molecule is NC(=O)c1cccc2[nH]c(C(=O)N3CC(Oc4ccc(F)cc4)C3)nc12. The number of imidazole rings is 1. The van der Waals surface area contributed by atoms with Crippen LogP contribution in [0.2, 0.25) is 0 Å². The molecular formula is C18H15FN4O3. The lowest BCUT2D eigenvalue weighted by Crippen LogP contribution is -2.56. The van der Waals surface area contributed by atoms with Crippen molar-refractivity contribution in [2.24, 2.45) is 5.73 Å². The number of nitrogens with two attached hydrogens (primary N) is 1. The van der Waals surface area contributed by atoms with Crippen molar-refractivity contribution in [3.05, 3.63) is 59.7 Å². The molecule has 1 saturated heterocycles. The van der Waals surface area contributed by atoms with E-state index in [4.69, 9.17) is 10.5 Å². The van der Waals surface area contributed by atoms with Gasteiger partial charge < -0.3 is 20.4 Å². The van der Waals surface area contributed by atoms with Crippen LogP contribution in [0.1, 0.15) is 21.0 Å². The number of carbonyl (C=O) groups is 2. The molecular weight excluding hydrogens is 339 g/mol. The number of nitrogens with zero attached hydrogens (tertiary/aromatic N) is 2. The van der Waals surface area contributed by atoms with Gasteiger partial charge in [0, 0.05) is 0 Å². The van der Waals surface area contributed by atoms with E-state index in [2.05, 4.69) is 9.97 Å². The van der Waals surface area contributed by atoms with Gasteiger partial charge in [0.1, 0.15) is 23.2 Å². The Hall–Kier alpha value is -3.42. The average molecular weight is 354 g/mol. The van der Waals surface area contributed by atoms with E-state index in [-0.39, 0.29) is 29.2 Å². The van der Waals surface area contributed by atoms with E-state index in [1.54, 1.807) is 35.2 Å². The van der Waals surface area contributed by atoms with Crippen molar-refractivity contribution in [1.82, 2.24) is 14.9 Å². The zero-order chi connectivity index (χ0) is 18.3. The van der Waals surface area contributed by atoms with Crippen LogP contribution in [0.4, 0.5) is 4.39 Å². The fraction of sp³-hybridized carbons (Fsp3) is 0.167. The van der Waals surface area contributed by atoms with Gasteiger partial charge in [-0.25, -0.2) is 9.37 Å². The van der Waals surface area contributed by atoms with E-state index < -0.39 is 5.91 Å². The number of H-pyrrole nitrogens is 1. The van der Waals surface area contributed by atoms with Crippen LogP contribution in [0.5, 0.6) is 5.75 Å². The van der Waals surface area contributed by atoms with Crippen LogP contribution in [0, 0.1) is 5.82 Å². The number of halogens is 1. The van der Waals surface area contributed by atoms with Gasteiger partial charge in [0.05, 0.1) is 24.2 Å². The number of benzene rings is 2. The summed E-state index contributed by atoms with van der Waals surface area (Å²) < 4.78 is 18.6. The third-order valence-electron chi connectivity index (χ3n) is 4.23. The first-order valence-corrected chi connectivity index (χ1v) is 8.01. The summed E-state index contributed by atoms with van der Waals surface area (Å²) in [5.74, 6) is -0.511. The monoisotopic (exact) mass is 354 g/mol. The van der Waals surface area contributed by atoms with Crippen LogP contribution in [-0.4, -0.2) is 45.9 Å². The standard InChI is InChI=1S/C18H15FN4O3/c19-10-4-6-11(7-5-10)26-12-8-23(9-12)18(25)17-21-14-3-1-2-13(16(20)24)15(14)22-17/h1-7,12H,8-9H2,(H2,20,24)(H,21,22). The summed E-state index contributed by atoms with van der Waals surface area (Å²) in [6.07, 6.45) is -0.157. The molecule has 0 bridgehead atoms. The molecule has 8 heteroatoms. The molecule has 2 heterocycles. The first-order chi connectivity index (χ1) is 12.5. The van der Waals surface area contributed by atoms with Gasteiger partial charge in [0.2, 0.25) is 0 Å². The molecule has 3 N–H and O–H groups in total. The van der Waals surface area contributed by atoms with Gasteiger partial charge in [-0.15, -0.1) is 0 Å². The Balaban J connectivity index is 1.44. The van der Waals surface area contributed by atoms with Crippen LogP contribution in [0.15, 0.2) is 42.5 Å². The van der Waals surface area contributed by atoms with Crippen LogP contribution in [0.3, 0.4) is 0 Å². The number of fused-ring (bicyclic) bond motifs is 1. The predicted molar refractivity (Wildman–Crippen MR) is 91.3 cm³/mol. The number of aromatic nitrogens is 2. The van der Waals surface area contributed by atoms with Gasteiger partial charge >= 0.3 is 0 Å². The quantitative estimate of drug-likeness (QED) is 0.744. The topological polar surface area (TPSA) is 101 Å². The maximum absolute atomic E-state index is 12.9. The normalized spacial score (nSPS) is 14.3. The third kappa shape index (κ3) is 2.85. The van der Waals surface area contributed by atoms with Crippen LogP contribution >= 0.6 is 0 Å². The Morgan fingerprint density at radius 1 is 1.19 bits per heavy atom. The highest BCUT2D eigenvalue weighted by atomic mass is 19.1. The van der Waals surface area contributed by atoms with Gasteiger partial charge in [0.15, 0.2) is 5.82 Å². The largest absolute Gasteiger partial charge is 0.487 e. The molecule has 0 unspecified atom stereocenters. The molecule has 7 nitrogen and oxygen atoms in total. The molecule has 132 valence electrons. The molecule has 0 spiro atoms. The number of hydrogen-bond acceptors (Lipinski definition) is 4. The highest BCUT2D eigenvalue weighted by Gasteiger charge is 2.34. The van der Waals surface area contributed by atoms with Crippen molar-refractivity contribution in [3.8, 4) is 5.75 Å². The Bertz CT molecular complexity index is 993. The maximum Gasteiger partial charge on any atom is 0.289 e. The minimum absolute atomic E-state index is 0.147. The number of hydrogen-bond donors (Lipinski definition) is 2. The lowest BCUT2D eigenvalue weighted by atomic mass is 10.1. The Morgan fingerprint density at radius 3 is 2.62 bits per heavy atom. The minimum atomic E-state index is -0.599. The number of aromatic amines is 1. The second-order valence-corrected chi connectivity index (χ2v) is 6.06. The fourth-order valence-corrected chi connectivity index (χ4v) is 2.87. The van der Waals surface area contributed by atoms with Gasteiger partial charge in [-0.05, 0) is 36.4 Å². The van der Waals surface area contributed by atoms with Crippen molar-refractivity contribution in [2.45, 2.75) is 6.10 Å². The first-order valence-electron chi connectivity index (χ1n) is 8.01. The van der Waals surface area contributed by atoms with E-state index in [9.17, 15) is 14.0 Å². The number of primary amides is 1. The summed E-state index contributed by atoms with van der Waals surface area (Å²) in [6, 6.07) is 10.7. The lowest BCUT2D eigenvalue weighted by Gasteiger charge is -2.38. The minimum Gasteiger partial charge on any atom is -0.487 e. The summed E-state index contributed by atoms with van der Waals surface area (Å²) in [6.45, 7) is 0.797. The summed E-state index contributed by atoms with van der Waals surface area (Å²) >= 11 is 0. The molecule has 0 aliphatic carbocycles. The third-order valence-corrected chi connectivity index (χ3v) is 4.23. The molecule has 2 aromatic carbocycles. The highest BCUT2D eigenvalue weighted by Crippen LogP contribution is 2.21. The number of rotatable bonds is 4. The maximum atomic E-state index is 12.9. The molecule has 1 fully saturated rings. The van der Waals surface area contributed by atoms with Crippen LogP contribution in [0.25, 0.3) is 11.0 Å². The highest BCUT2D eigenvalue weighted by molar-refractivity contribution is 6.05. The summed E-state index contributed by atoms with van der Waals surface area (Å²) in [4.78, 5) is 32.7. The molecule has 2 amide bonds. The van der Waals surface area contributed by atoms with Gasteiger partial charge in [0.25, 0.3) is 11.8 Å². The van der Waals surface area contributed by atoms with Gasteiger partial charge in [-0.3, -0.25) is 9.59 Å². The zero-order valence-corrected chi connectivity index (χ0v) is 13.6.